The zero-order valence-electron chi connectivity index (χ0n) is 10.9. The summed E-state index contributed by atoms with van der Waals surface area (Å²) in [6, 6.07) is 11.9. The lowest BCUT2D eigenvalue weighted by Crippen LogP contribution is -2.39. The smallest absolute Gasteiger partial charge is 0.276 e. The lowest BCUT2D eigenvalue weighted by molar-refractivity contribution is 0.0737. The molecule has 0 N–H and O–H groups in total. The van der Waals surface area contributed by atoms with Crippen LogP contribution in [0.2, 0.25) is 0 Å². The first-order chi connectivity index (χ1) is 9.81. The van der Waals surface area contributed by atoms with E-state index in [9.17, 15) is 4.79 Å². The highest BCUT2D eigenvalue weighted by atomic mass is 32.2. The molecular weight excluding hydrogens is 272 g/mol. The van der Waals surface area contributed by atoms with Crippen LogP contribution in [-0.4, -0.2) is 39.6 Å². The fourth-order valence-electron chi connectivity index (χ4n) is 2.91. The summed E-state index contributed by atoms with van der Waals surface area (Å²) in [4.78, 5) is 14.4. The van der Waals surface area contributed by atoms with Crippen molar-refractivity contribution in [3.05, 3.63) is 42.1 Å². The number of carbonyl (C=O) groups is 1. The van der Waals surface area contributed by atoms with E-state index in [1.165, 1.54) is 0 Å². The number of likely N-dealkylation sites (tertiary alicyclic amines) is 1. The maximum absolute atomic E-state index is 12.5. The van der Waals surface area contributed by atoms with E-state index in [-0.39, 0.29) is 5.91 Å². The summed E-state index contributed by atoms with van der Waals surface area (Å²) in [6.45, 7) is 0.849. The van der Waals surface area contributed by atoms with Crippen molar-refractivity contribution >= 4 is 17.7 Å². The van der Waals surface area contributed by atoms with Gasteiger partial charge in [-0.25, -0.2) is 0 Å². The molecule has 2 fully saturated rings. The number of nitrogens with zero attached hydrogens (tertiary/aromatic N) is 2. The van der Waals surface area contributed by atoms with Gasteiger partial charge in [0.15, 0.2) is 11.5 Å². The number of rotatable bonds is 2. The van der Waals surface area contributed by atoms with Crippen LogP contribution in [0.15, 0.2) is 40.9 Å². The molecular formula is C15H14N2O2S. The van der Waals surface area contributed by atoms with Gasteiger partial charge in [0.1, 0.15) is 0 Å². The molecule has 2 bridgehead atoms. The summed E-state index contributed by atoms with van der Waals surface area (Å²) in [5, 5.41) is 4.56. The maximum Gasteiger partial charge on any atom is 0.276 e. The van der Waals surface area contributed by atoms with Crippen molar-refractivity contribution in [2.24, 2.45) is 0 Å². The summed E-state index contributed by atoms with van der Waals surface area (Å²) >= 11 is 1.97. The minimum atomic E-state index is 0.00345. The van der Waals surface area contributed by atoms with E-state index in [1.54, 1.807) is 6.07 Å². The van der Waals surface area contributed by atoms with Crippen LogP contribution in [-0.2, 0) is 0 Å². The molecule has 2 aliphatic rings. The van der Waals surface area contributed by atoms with Gasteiger partial charge >= 0.3 is 0 Å². The Morgan fingerprint density at radius 2 is 2.20 bits per heavy atom. The SMILES string of the molecule is O=C(c1cc(-c2ccccc2)on1)N1CC2CC1CS2. The van der Waals surface area contributed by atoms with Crippen LogP contribution >= 0.6 is 11.8 Å². The molecule has 0 saturated carbocycles. The minimum Gasteiger partial charge on any atom is -0.355 e. The van der Waals surface area contributed by atoms with Gasteiger partial charge in [0.05, 0.1) is 0 Å². The molecule has 0 spiro atoms. The largest absolute Gasteiger partial charge is 0.355 e. The fraction of sp³-hybridized carbons (Fsp3) is 0.333. The maximum atomic E-state index is 12.5. The minimum absolute atomic E-state index is 0.00345. The average Bonchev–Trinajstić information content (AvgIpc) is 3.23. The van der Waals surface area contributed by atoms with Gasteiger partial charge < -0.3 is 9.42 Å². The van der Waals surface area contributed by atoms with E-state index in [0.717, 1.165) is 24.3 Å². The number of aromatic nitrogens is 1. The quantitative estimate of drug-likeness (QED) is 0.851. The van der Waals surface area contributed by atoms with Crippen LogP contribution in [0.3, 0.4) is 0 Å². The lowest BCUT2D eigenvalue weighted by atomic mass is 10.1. The normalized spacial score (nSPS) is 24.3. The molecule has 2 atom stereocenters. The molecule has 2 aliphatic heterocycles. The second-order valence-electron chi connectivity index (χ2n) is 5.24. The Labute approximate surface area is 121 Å². The summed E-state index contributed by atoms with van der Waals surface area (Å²) in [6.07, 6.45) is 1.12. The molecule has 1 amide bonds. The summed E-state index contributed by atoms with van der Waals surface area (Å²) in [5.74, 6) is 1.70. The first kappa shape index (κ1) is 12.0. The monoisotopic (exact) mass is 286 g/mol. The van der Waals surface area contributed by atoms with Crippen molar-refractivity contribution in [1.29, 1.82) is 0 Å². The lowest BCUT2D eigenvalue weighted by Gasteiger charge is -2.25. The number of hydrogen-bond acceptors (Lipinski definition) is 4. The number of fused-ring (bicyclic) bond motifs is 2. The van der Waals surface area contributed by atoms with E-state index in [4.69, 9.17) is 4.52 Å². The van der Waals surface area contributed by atoms with Gasteiger partial charge in [-0.2, -0.15) is 11.8 Å². The zero-order chi connectivity index (χ0) is 13.5. The number of amides is 1. The third kappa shape index (κ3) is 1.93. The van der Waals surface area contributed by atoms with E-state index >= 15 is 0 Å². The van der Waals surface area contributed by atoms with E-state index in [1.807, 2.05) is 47.0 Å². The Kier molecular flexibility index (Phi) is 2.80. The highest BCUT2D eigenvalue weighted by Crippen LogP contribution is 2.38. The van der Waals surface area contributed by atoms with Crippen LogP contribution in [0.25, 0.3) is 11.3 Å². The highest BCUT2D eigenvalue weighted by molar-refractivity contribution is 8.00. The third-order valence-corrected chi connectivity index (χ3v) is 5.34. The third-order valence-electron chi connectivity index (χ3n) is 3.95. The van der Waals surface area contributed by atoms with Crippen LogP contribution in [0.1, 0.15) is 16.9 Å². The Hall–Kier alpha value is -1.75. The summed E-state index contributed by atoms with van der Waals surface area (Å²) in [5.41, 5.74) is 1.36. The number of carbonyl (C=O) groups excluding carboxylic acids is 1. The topological polar surface area (TPSA) is 46.3 Å². The Morgan fingerprint density at radius 1 is 1.35 bits per heavy atom. The molecule has 0 radical (unpaired) electrons. The van der Waals surface area contributed by atoms with E-state index < -0.39 is 0 Å². The second-order valence-corrected chi connectivity index (χ2v) is 6.58. The van der Waals surface area contributed by atoms with Crippen LogP contribution in [0, 0.1) is 0 Å². The molecule has 20 heavy (non-hydrogen) atoms. The molecule has 2 aromatic rings. The van der Waals surface area contributed by atoms with E-state index in [0.29, 0.717) is 22.7 Å². The molecule has 1 aromatic heterocycles. The van der Waals surface area contributed by atoms with Gasteiger partial charge in [-0.05, 0) is 6.42 Å². The second kappa shape index (κ2) is 4.66. The van der Waals surface area contributed by atoms with Gasteiger partial charge in [0, 0.05) is 35.2 Å². The molecule has 102 valence electrons. The number of hydrogen-bond donors (Lipinski definition) is 0. The molecule has 4 rings (SSSR count). The Balaban J connectivity index is 1.58. The number of thioether (sulfide) groups is 1. The predicted octanol–water partition coefficient (Wildman–Crippen LogP) is 2.67. The molecule has 2 saturated heterocycles. The van der Waals surface area contributed by atoms with Crippen molar-refractivity contribution in [3.8, 4) is 11.3 Å². The van der Waals surface area contributed by atoms with Crippen LogP contribution in [0.5, 0.6) is 0 Å². The van der Waals surface area contributed by atoms with Crippen molar-refractivity contribution in [2.75, 3.05) is 12.3 Å². The van der Waals surface area contributed by atoms with Gasteiger partial charge in [-0.1, -0.05) is 35.5 Å². The standard InChI is InChI=1S/C15H14N2O2S/c18-15(17-8-12-6-11(17)9-20-12)13-7-14(19-16-13)10-4-2-1-3-5-10/h1-5,7,11-12H,6,8-9H2. The molecule has 5 heteroatoms. The van der Waals surface area contributed by atoms with Crippen LogP contribution < -0.4 is 0 Å². The Morgan fingerprint density at radius 3 is 2.90 bits per heavy atom. The zero-order valence-corrected chi connectivity index (χ0v) is 11.7. The van der Waals surface area contributed by atoms with Gasteiger partial charge in [-0.3, -0.25) is 4.79 Å². The van der Waals surface area contributed by atoms with Crippen molar-refractivity contribution in [1.82, 2.24) is 10.1 Å². The molecule has 1 aromatic carbocycles. The first-order valence-electron chi connectivity index (χ1n) is 6.76. The van der Waals surface area contributed by atoms with Crippen molar-refractivity contribution in [3.63, 3.8) is 0 Å². The molecule has 4 nitrogen and oxygen atoms in total. The predicted molar refractivity (Wildman–Crippen MR) is 77.6 cm³/mol. The summed E-state index contributed by atoms with van der Waals surface area (Å²) < 4.78 is 5.31. The van der Waals surface area contributed by atoms with Crippen molar-refractivity contribution in [2.45, 2.75) is 17.7 Å². The Bertz CT molecular complexity index is 640. The number of benzene rings is 1. The van der Waals surface area contributed by atoms with E-state index in [2.05, 4.69) is 5.16 Å². The van der Waals surface area contributed by atoms with Gasteiger partial charge in [0.2, 0.25) is 0 Å². The molecule has 3 heterocycles. The fourth-order valence-corrected chi connectivity index (χ4v) is 4.34. The van der Waals surface area contributed by atoms with Gasteiger partial charge in [0.25, 0.3) is 5.91 Å². The summed E-state index contributed by atoms with van der Waals surface area (Å²) in [7, 11) is 0. The average molecular weight is 286 g/mol. The van der Waals surface area contributed by atoms with Crippen molar-refractivity contribution < 1.29 is 9.32 Å². The molecule has 0 aliphatic carbocycles. The molecule has 2 unspecified atom stereocenters. The first-order valence-corrected chi connectivity index (χ1v) is 7.81. The van der Waals surface area contributed by atoms with Crippen LogP contribution in [0.4, 0.5) is 0 Å². The highest BCUT2D eigenvalue weighted by Gasteiger charge is 2.41. The van der Waals surface area contributed by atoms with Gasteiger partial charge in [-0.15, -0.1) is 0 Å².